The van der Waals surface area contributed by atoms with E-state index >= 15 is 0 Å². The predicted octanol–water partition coefficient (Wildman–Crippen LogP) is 2.56. The molecular formula is C19H18F3N5O3. The molecule has 2 aliphatic rings. The Bertz CT molecular complexity index is 957. The number of hydrogen-bond acceptors (Lipinski definition) is 7. The molecule has 3 N–H and O–H groups in total. The van der Waals surface area contributed by atoms with Gasteiger partial charge in [0.15, 0.2) is 12.1 Å². The number of nitriles is 1. The molecule has 2 fully saturated rings. The lowest BCUT2D eigenvalue weighted by Crippen LogP contribution is -2.44. The fourth-order valence-corrected chi connectivity index (χ4v) is 4.14. The molecule has 2 heterocycles. The first kappa shape index (κ1) is 20.2. The van der Waals surface area contributed by atoms with Gasteiger partial charge in [-0.25, -0.2) is 10.4 Å². The molecule has 0 radical (unpaired) electrons. The third kappa shape index (κ3) is 4.10. The van der Waals surface area contributed by atoms with Gasteiger partial charge >= 0.3 is 6.36 Å². The van der Waals surface area contributed by atoms with Crippen molar-refractivity contribution in [2.24, 2.45) is 5.92 Å². The number of oxazole rings is 1. The van der Waals surface area contributed by atoms with Crippen molar-refractivity contribution in [3.05, 3.63) is 47.7 Å². The highest BCUT2D eigenvalue weighted by Crippen LogP contribution is 2.38. The van der Waals surface area contributed by atoms with Crippen LogP contribution >= 0.6 is 0 Å². The number of halogens is 3. The van der Waals surface area contributed by atoms with Gasteiger partial charge in [0, 0.05) is 18.0 Å². The van der Waals surface area contributed by atoms with Crippen LogP contribution in [-0.2, 0) is 0 Å². The minimum atomic E-state index is -5.02. The Balaban J connectivity index is 1.50. The van der Waals surface area contributed by atoms with E-state index in [1.165, 1.54) is 24.6 Å². The molecule has 1 saturated heterocycles. The number of carbonyl (C=O) groups excluding carboxylic acids is 1. The molecular weight excluding hydrogens is 403 g/mol. The van der Waals surface area contributed by atoms with Crippen LogP contribution in [0.3, 0.4) is 0 Å². The number of aromatic nitrogens is 1. The lowest BCUT2D eigenvalue weighted by Gasteiger charge is -2.33. The van der Waals surface area contributed by atoms with Crippen LogP contribution in [0, 0.1) is 17.2 Å². The Morgan fingerprint density at radius 1 is 1.33 bits per heavy atom. The molecule has 0 bridgehead atoms. The topological polar surface area (TPSA) is 112 Å². The van der Waals surface area contributed by atoms with Crippen LogP contribution in [0.1, 0.15) is 47.0 Å². The van der Waals surface area contributed by atoms with Gasteiger partial charge in [-0.15, -0.1) is 13.2 Å². The molecule has 30 heavy (non-hydrogen) atoms. The number of carbonyl (C=O) groups is 1. The molecule has 1 amide bonds. The van der Waals surface area contributed by atoms with Crippen molar-refractivity contribution >= 4 is 5.91 Å². The maximum atomic E-state index is 12.8. The summed E-state index contributed by atoms with van der Waals surface area (Å²) >= 11 is 0. The van der Waals surface area contributed by atoms with E-state index in [4.69, 9.17) is 9.68 Å². The number of fused-ring (bicyclic) bond motifs is 1. The van der Waals surface area contributed by atoms with Crippen molar-refractivity contribution in [2.75, 3.05) is 0 Å². The van der Waals surface area contributed by atoms with Crippen LogP contribution in [0.15, 0.2) is 35.2 Å². The van der Waals surface area contributed by atoms with Crippen LogP contribution in [0.2, 0.25) is 0 Å². The first-order valence-electron chi connectivity index (χ1n) is 9.35. The highest BCUT2D eigenvalue weighted by Gasteiger charge is 2.43. The quantitative estimate of drug-likeness (QED) is 0.696. The zero-order valence-electron chi connectivity index (χ0n) is 15.6. The summed E-state index contributed by atoms with van der Waals surface area (Å²) in [5, 5.41) is 11.9. The average molecular weight is 421 g/mol. The standard InChI is InChI=1S/C19H18F3N5O3/c20-19(21,22)30-17-10(7-23)2-1-3-12(17)18(28)25-11-4-5-14-13(6-11)16(27-26-14)15-8-24-9-29-15/h1-3,8-9,11,13-14,16,26-27H,4-6H2,(H,25,28). The molecule has 1 aliphatic carbocycles. The van der Waals surface area contributed by atoms with Crippen LogP contribution < -0.4 is 20.9 Å². The number of benzene rings is 1. The molecule has 4 unspecified atom stereocenters. The van der Waals surface area contributed by atoms with Gasteiger partial charge in [-0.3, -0.25) is 10.2 Å². The smallest absolute Gasteiger partial charge is 0.447 e. The number of amides is 1. The molecule has 0 spiro atoms. The number of nitrogens with one attached hydrogen (secondary N) is 3. The summed E-state index contributed by atoms with van der Waals surface area (Å²) in [6.07, 6.45) is -0.0505. The SMILES string of the molecule is N#Cc1cccc(C(=O)NC2CCC3NNC(c4cnco4)C3C2)c1OC(F)(F)F. The van der Waals surface area contributed by atoms with E-state index in [9.17, 15) is 18.0 Å². The summed E-state index contributed by atoms with van der Waals surface area (Å²) in [7, 11) is 0. The minimum absolute atomic E-state index is 0.105. The van der Waals surface area contributed by atoms with Gasteiger partial charge in [0.1, 0.15) is 11.8 Å². The Morgan fingerprint density at radius 2 is 2.17 bits per heavy atom. The molecule has 1 saturated carbocycles. The highest BCUT2D eigenvalue weighted by atomic mass is 19.4. The molecule has 1 aromatic heterocycles. The van der Waals surface area contributed by atoms with Crippen LogP contribution in [-0.4, -0.2) is 29.3 Å². The first-order chi connectivity index (χ1) is 14.4. The summed E-state index contributed by atoms with van der Waals surface area (Å²) < 4.78 is 47.7. The second-order valence-corrected chi connectivity index (χ2v) is 7.27. The Hall–Kier alpha value is -3.10. The van der Waals surface area contributed by atoms with Gasteiger partial charge in [0.25, 0.3) is 5.91 Å². The third-order valence-electron chi connectivity index (χ3n) is 5.44. The van der Waals surface area contributed by atoms with Gasteiger partial charge in [0.2, 0.25) is 0 Å². The number of nitrogens with zero attached hydrogens (tertiary/aromatic N) is 2. The largest absolute Gasteiger partial charge is 0.573 e. The van der Waals surface area contributed by atoms with Gasteiger partial charge in [-0.2, -0.15) is 5.26 Å². The van der Waals surface area contributed by atoms with Crippen LogP contribution in [0.5, 0.6) is 5.75 Å². The lowest BCUT2D eigenvalue weighted by atomic mass is 9.78. The summed E-state index contributed by atoms with van der Waals surface area (Å²) in [5.41, 5.74) is 5.71. The van der Waals surface area contributed by atoms with Gasteiger partial charge < -0.3 is 14.5 Å². The number of rotatable bonds is 4. The molecule has 1 aliphatic heterocycles. The van der Waals surface area contributed by atoms with Crippen LogP contribution in [0.4, 0.5) is 13.2 Å². The van der Waals surface area contributed by atoms with Crippen molar-refractivity contribution < 1.29 is 27.1 Å². The fourth-order valence-electron chi connectivity index (χ4n) is 4.14. The van der Waals surface area contributed by atoms with E-state index in [2.05, 4.69) is 25.9 Å². The van der Waals surface area contributed by atoms with E-state index in [1.807, 2.05) is 0 Å². The van der Waals surface area contributed by atoms with E-state index in [0.717, 1.165) is 6.42 Å². The zero-order valence-corrected chi connectivity index (χ0v) is 15.6. The Labute approximate surface area is 169 Å². The maximum Gasteiger partial charge on any atom is 0.573 e. The Morgan fingerprint density at radius 3 is 2.87 bits per heavy atom. The Kier molecular flexibility index (Phi) is 5.36. The molecule has 2 aromatic rings. The zero-order chi connectivity index (χ0) is 21.3. The number of alkyl halides is 3. The van der Waals surface area contributed by atoms with Crippen molar-refractivity contribution in [1.82, 2.24) is 21.2 Å². The number of para-hydroxylation sites is 1. The summed E-state index contributed by atoms with van der Waals surface area (Å²) in [6, 6.07) is 5.15. The molecule has 4 atom stereocenters. The van der Waals surface area contributed by atoms with Crippen molar-refractivity contribution in [3.8, 4) is 11.8 Å². The molecule has 158 valence electrons. The van der Waals surface area contributed by atoms with Crippen molar-refractivity contribution in [1.29, 1.82) is 5.26 Å². The van der Waals surface area contributed by atoms with Gasteiger partial charge in [-0.1, -0.05) is 6.07 Å². The number of hydrogen-bond donors (Lipinski definition) is 3. The maximum absolute atomic E-state index is 12.8. The minimum Gasteiger partial charge on any atom is -0.447 e. The van der Waals surface area contributed by atoms with Crippen molar-refractivity contribution in [2.45, 2.75) is 43.8 Å². The van der Waals surface area contributed by atoms with Crippen LogP contribution in [0.25, 0.3) is 0 Å². The molecule has 11 heteroatoms. The first-order valence-corrected chi connectivity index (χ1v) is 9.35. The second-order valence-electron chi connectivity index (χ2n) is 7.27. The van der Waals surface area contributed by atoms with Gasteiger partial charge in [0.05, 0.1) is 23.4 Å². The summed E-state index contributed by atoms with van der Waals surface area (Å²) in [6.45, 7) is 0. The number of ether oxygens (including phenoxy) is 1. The summed E-state index contributed by atoms with van der Waals surface area (Å²) in [5.74, 6) is -0.731. The third-order valence-corrected chi connectivity index (χ3v) is 5.44. The fraction of sp³-hybridized carbons (Fsp3) is 0.421. The number of hydrazine groups is 1. The normalized spacial score (nSPS) is 25.9. The molecule has 1 aromatic carbocycles. The highest BCUT2D eigenvalue weighted by molar-refractivity contribution is 5.97. The predicted molar refractivity (Wildman–Crippen MR) is 95.7 cm³/mol. The van der Waals surface area contributed by atoms with Gasteiger partial charge in [-0.05, 0) is 31.4 Å². The van der Waals surface area contributed by atoms with E-state index < -0.39 is 18.0 Å². The molecule has 4 rings (SSSR count). The average Bonchev–Trinajstić information content (AvgIpc) is 3.36. The van der Waals surface area contributed by atoms with Crippen molar-refractivity contribution in [3.63, 3.8) is 0 Å². The van der Waals surface area contributed by atoms with E-state index in [-0.39, 0.29) is 35.2 Å². The summed E-state index contributed by atoms with van der Waals surface area (Å²) in [4.78, 5) is 16.7. The monoisotopic (exact) mass is 421 g/mol. The molecule has 8 nitrogen and oxygen atoms in total. The lowest BCUT2D eigenvalue weighted by molar-refractivity contribution is -0.274. The van der Waals surface area contributed by atoms with E-state index in [0.29, 0.717) is 18.6 Å². The second kappa shape index (κ2) is 7.97. The van der Waals surface area contributed by atoms with E-state index in [1.54, 1.807) is 12.3 Å².